The average Bonchev–Trinajstić information content (AvgIpc) is 2.42. The first-order chi connectivity index (χ1) is 9.17. The number of rotatable bonds is 4. The maximum absolute atomic E-state index is 13.8. The molecule has 1 aromatic carbocycles. The average molecular weight is 329 g/mol. The number of nitrogens with one attached hydrogen (secondary N) is 1. The molecular formula is C15H22BrFN2. The highest BCUT2D eigenvalue weighted by Gasteiger charge is 2.31. The molecule has 1 aliphatic heterocycles. The Morgan fingerprint density at radius 3 is 2.89 bits per heavy atom. The van der Waals surface area contributed by atoms with Gasteiger partial charge in [-0.25, -0.2) is 4.39 Å². The van der Waals surface area contributed by atoms with Crippen LogP contribution in [0.25, 0.3) is 0 Å². The summed E-state index contributed by atoms with van der Waals surface area (Å²) in [6.07, 6.45) is 2.44. The number of likely N-dealkylation sites (tertiary alicyclic amines) is 1. The van der Waals surface area contributed by atoms with E-state index in [0.717, 1.165) is 25.2 Å². The van der Waals surface area contributed by atoms with E-state index in [-0.39, 0.29) is 5.82 Å². The molecule has 1 fully saturated rings. The summed E-state index contributed by atoms with van der Waals surface area (Å²) in [5, 5.41) is 3.28. The highest BCUT2D eigenvalue weighted by Crippen LogP contribution is 2.36. The number of nitrogens with zero attached hydrogens (tertiary/aromatic N) is 1. The van der Waals surface area contributed by atoms with E-state index in [0.29, 0.717) is 16.4 Å². The normalized spacial score (nSPS) is 24.6. The molecule has 1 saturated heterocycles. The van der Waals surface area contributed by atoms with Gasteiger partial charge in [-0.3, -0.25) is 4.90 Å². The molecule has 0 aliphatic carbocycles. The van der Waals surface area contributed by atoms with Gasteiger partial charge in [0.15, 0.2) is 0 Å². The van der Waals surface area contributed by atoms with E-state index in [1.165, 1.54) is 12.8 Å². The largest absolute Gasteiger partial charge is 0.319 e. The molecule has 0 radical (unpaired) electrons. The predicted octanol–water partition coefficient (Wildman–Crippen LogP) is 3.58. The first-order valence-corrected chi connectivity index (χ1v) is 7.80. The number of piperidine rings is 1. The lowest BCUT2D eigenvalue weighted by Crippen LogP contribution is -2.42. The van der Waals surface area contributed by atoms with Crippen molar-refractivity contribution in [2.75, 3.05) is 26.7 Å². The van der Waals surface area contributed by atoms with Gasteiger partial charge in [0.05, 0.1) is 4.47 Å². The Labute approximate surface area is 123 Å². The van der Waals surface area contributed by atoms with Crippen molar-refractivity contribution in [3.8, 4) is 0 Å². The third-order valence-corrected chi connectivity index (χ3v) is 4.66. The topological polar surface area (TPSA) is 15.3 Å². The Bertz CT molecular complexity index is 423. The molecule has 0 amide bonds. The van der Waals surface area contributed by atoms with E-state index < -0.39 is 0 Å². The molecule has 2 nitrogen and oxygen atoms in total. The third-order valence-electron chi connectivity index (χ3n) is 4.02. The van der Waals surface area contributed by atoms with E-state index >= 15 is 0 Å². The van der Waals surface area contributed by atoms with E-state index in [9.17, 15) is 4.39 Å². The first-order valence-electron chi connectivity index (χ1n) is 7.01. The fourth-order valence-corrected chi connectivity index (χ4v) is 3.41. The minimum Gasteiger partial charge on any atom is -0.319 e. The van der Waals surface area contributed by atoms with Gasteiger partial charge in [0.2, 0.25) is 0 Å². The Morgan fingerprint density at radius 1 is 1.47 bits per heavy atom. The zero-order chi connectivity index (χ0) is 13.8. The van der Waals surface area contributed by atoms with Gasteiger partial charge >= 0.3 is 0 Å². The van der Waals surface area contributed by atoms with Crippen LogP contribution in [0.15, 0.2) is 22.7 Å². The Kier molecular flexibility index (Phi) is 5.37. The van der Waals surface area contributed by atoms with Gasteiger partial charge in [0.1, 0.15) is 5.82 Å². The summed E-state index contributed by atoms with van der Waals surface area (Å²) in [4.78, 5) is 2.47. The van der Waals surface area contributed by atoms with Crippen LogP contribution < -0.4 is 5.32 Å². The maximum atomic E-state index is 13.8. The van der Waals surface area contributed by atoms with Crippen LogP contribution in [-0.4, -0.2) is 31.6 Å². The van der Waals surface area contributed by atoms with Gasteiger partial charge in [0, 0.05) is 6.04 Å². The maximum Gasteiger partial charge on any atom is 0.137 e. The molecule has 2 atom stereocenters. The van der Waals surface area contributed by atoms with Crippen molar-refractivity contribution in [2.45, 2.75) is 25.8 Å². The van der Waals surface area contributed by atoms with Crippen LogP contribution in [0.4, 0.5) is 4.39 Å². The van der Waals surface area contributed by atoms with Crippen LogP contribution in [-0.2, 0) is 0 Å². The SMILES string of the molecule is CCN1CCCC(CNC)C1c1ccc(Br)c(F)c1. The summed E-state index contributed by atoms with van der Waals surface area (Å²) < 4.78 is 14.3. The summed E-state index contributed by atoms with van der Waals surface area (Å²) in [7, 11) is 1.99. The minimum absolute atomic E-state index is 0.165. The van der Waals surface area contributed by atoms with Crippen molar-refractivity contribution in [1.82, 2.24) is 10.2 Å². The zero-order valence-corrected chi connectivity index (χ0v) is 13.2. The van der Waals surface area contributed by atoms with Crippen LogP contribution in [0.3, 0.4) is 0 Å². The molecule has 2 unspecified atom stereocenters. The van der Waals surface area contributed by atoms with Crippen molar-refractivity contribution >= 4 is 15.9 Å². The first kappa shape index (κ1) is 14.9. The van der Waals surface area contributed by atoms with Gasteiger partial charge in [0.25, 0.3) is 0 Å². The molecule has 106 valence electrons. The second-order valence-corrected chi connectivity index (χ2v) is 6.06. The van der Waals surface area contributed by atoms with E-state index in [1.807, 2.05) is 13.1 Å². The van der Waals surface area contributed by atoms with Crippen LogP contribution >= 0.6 is 15.9 Å². The van der Waals surface area contributed by atoms with E-state index in [4.69, 9.17) is 0 Å². The molecular weight excluding hydrogens is 307 g/mol. The summed E-state index contributed by atoms with van der Waals surface area (Å²) in [6.45, 7) is 5.30. The summed E-state index contributed by atoms with van der Waals surface area (Å²) in [5.41, 5.74) is 1.10. The fourth-order valence-electron chi connectivity index (χ4n) is 3.16. The standard InChI is InChI=1S/C15H22BrFN2/c1-3-19-8-4-5-12(10-18-2)15(19)11-6-7-13(16)14(17)9-11/h6-7,9,12,15,18H,3-5,8,10H2,1-2H3. The monoisotopic (exact) mass is 328 g/mol. The van der Waals surface area contributed by atoms with Crippen LogP contribution in [0.2, 0.25) is 0 Å². The van der Waals surface area contributed by atoms with Gasteiger partial charge in [-0.15, -0.1) is 0 Å². The Morgan fingerprint density at radius 2 is 2.26 bits per heavy atom. The zero-order valence-electron chi connectivity index (χ0n) is 11.6. The van der Waals surface area contributed by atoms with Crippen LogP contribution in [0.5, 0.6) is 0 Å². The molecule has 1 aliphatic rings. The second kappa shape index (κ2) is 6.82. The minimum atomic E-state index is -0.165. The molecule has 1 N–H and O–H groups in total. The molecule has 1 aromatic rings. The van der Waals surface area contributed by atoms with Crippen molar-refractivity contribution in [2.24, 2.45) is 5.92 Å². The van der Waals surface area contributed by atoms with Crippen LogP contribution in [0, 0.1) is 11.7 Å². The van der Waals surface area contributed by atoms with Gasteiger partial charge < -0.3 is 5.32 Å². The van der Waals surface area contributed by atoms with E-state index in [2.05, 4.69) is 39.1 Å². The smallest absolute Gasteiger partial charge is 0.137 e. The summed E-state index contributed by atoms with van der Waals surface area (Å²) in [6, 6.07) is 5.89. The van der Waals surface area contributed by atoms with Crippen molar-refractivity contribution < 1.29 is 4.39 Å². The molecule has 0 aromatic heterocycles. The quantitative estimate of drug-likeness (QED) is 0.908. The lowest BCUT2D eigenvalue weighted by molar-refractivity contribution is 0.0980. The van der Waals surface area contributed by atoms with Crippen molar-refractivity contribution in [1.29, 1.82) is 0 Å². The van der Waals surface area contributed by atoms with Crippen molar-refractivity contribution in [3.63, 3.8) is 0 Å². The lowest BCUT2D eigenvalue weighted by Gasteiger charge is -2.41. The van der Waals surface area contributed by atoms with Gasteiger partial charge in [-0.05, 0) is 79.1 Å². The molecule has 1 heterocycles. The number of hydrogen-bond acceptors (Lipinski definition) is 2. The molecule has 19 heavy (non-hydrogen) atoms. The summed E-state index contributed by atoms with van der Waals surface area (Å²) in [5.74, 6) is 0.390. The highest BCUT2D eigenvalue weighted by molar-refractivity contribution is 9.10. The van der Waals surface area contributed by atoms with Gasteiger partial charge in [-0.2, -0.15) is 0 Å². The molecule has 4 heteroatoms. The van der Waals surface area contributed by atoms with Crippen molar-refractivity contribution in [3.05, 3.63) is 34.1 Å². The van der Waals surface area contributed by atoms with E-state index in [1.54, 1.807) is 6.07 Å². The molecule has 0 spiro atoms. The predicted molar refractivity (Wildman–Crippen MR) is 80.7 cm³/mol. The number of benzene rings is 1. The lowest BCUT2D eigenvalue weighted by atomic mass is 9.84. The summed E-state index contributed by atoms with van der Waals surface area (Å²) >= 11 is 3.23. The molecule has 2 rings (SSSR count). The van der Waals surface area contributed by atoms with Gasteiger partial charge in [-0.1, -0.05) is 13.0 Å². The van der Waals surface area contributed by atoms with Crippen LogP contribution in [0.1, 0.15) is 31.4 Å². The molecule has 0 bridgehead atoms. The molecule has 0 saturated carbocycles. The second-order valence-electron chi connectivity index (χ2n) is 5.21. The number of halogens is 2. The fraction of sp³-hybridized carbons (Fsp3) is 0.600. The number of hydrogen-bond donors (Lipinski definition) is 1. The highest BCUT2D eigenvalue weighted by atomic mass is 79.9. The third kappa shape index (κ3) is 3.36. The Balaban J connectivity index is 2.30. The Hall–Kier alpha value is -0.450.